The molecule has 4 atom stereocenters. The number of carboxylic acid groups (broad SMARTS) is 1. The standard InChI is InChI=1S/C16H27N3O5/c1-10(9-24-2)17-16(23)18-14(20)8-19-12-6-4-3-5-11(12)7-13(19)15(21)22/h10-13H,3-9H2,1-2H3,(H,21,22)(H2,17,18,20,23). The molecule has 1 aliphatic heterocycles. The molecule has 0 aromatic heterocycles. The minimum atomic E-state index is -0.893. The summed E-state index contributed by atoms with van der Waals surface area (Å²) in [6.07, 6.45) is 4.69. The zero-order valence-electron chi connectivity index (χ0n) is 14.3. The largest absolute Gasteiger partial charge is 0.480 e. The minimum Gasteiger partial charge on any atom is -0.480 e. The van der Waals surface area contributed by atoms with Gasteiger partial charge in [0, 0.05) is 13.2 Å². The number of hydrogen-bond acceptors (Lipinski definition) is 5. The Morgan fingerprint density at radius 3 is 2.67 bits per heavy atom. The molecule has 2 fully saturated rings. The van der Waals surface area contributed by atoms with E-state index in [-0.39, 0.29) is 18.6 Å². The Kier molecular flexibility index (Phi) is 6.56. The first-order valence-corrected chi connectivity index (χ1v) is 8.50. The Balaban J connectivity index is 1.90. The monoisotopic (exact) mass is 341 g/mol. The normalized spacial score (nSPS) is 28.0. The first-order valence-electron chi connectivity index (χ1n) is 8.50. The maximum Gasteiger partial charge on any atom is 0.321 e. The third-order valence-electron chi connectivity index (χ3n) is 4.88. The lowest BCUT2D eigenvalue weighted by molar-refractivity contribution is -0.143. The Bertz CT molecular complexity index is 484. The van der Waals surface area contributed by atoms with Gasteiger partial charge in [-0.25, -0.2) is 4.79 Å². The molecule has 2 rings (SSSR count). The van der Waals surface area contributed by atoms with Gasteiger partial charge in [-0.1, -0.05) is 12.8 Å². The lowest BCUT2D eigenvalue weighted by atomic mass is 9.85. The fourth-order valence-corrected chi connectivity index (χ4v) is 3.91. The van der Waals surface area contributed by atoms with Crippen molar-refractivity contribution in [2.75, 3.05) is 20.3 Å². The van der Waals surface area contributed by atoms with Crippen LogP contribution < -0.4 is 10.6 Å². The van der Waals surface area contributed by atoms with E-state index in [1.54, 1.807) is 11.8 Å². The summed E-state index contributed by atoms with van der Waals surface area (Å²) in [7, 11) is 1.53. The quantitative estimate of drug-likeness (QED) is 0.652. The molecule has 4 unspecified atom stereocenters. The number of carbonyl (C=O) groups is 3. The highest BCUT2D eigenvalue weighted by atomic mass is 16.5. The topological polar surface area (TPSA) is 108 Å². The summed E-state index contributed by atoms with van der Waals surface area (Å²) in [5.41, 5.74) is 0. The van der Waals surface area contributed by atoms with Crippen LogP contribution in [0.15, 0.2) is 0 Å². The van der Waals surface area contributed by atoms with Crippen molar-refractivity contribution in [3.05, 3.63) is 0 Å². The Hall–Kier alpha value is -1.67. The maximum atomic E-state index is 12.2. The number of methoxy groups -OCH3 is 1. The van der Waals surface area contributed by atoms with Gasteiger partial charge < -0.3 is 15.2 Å². The second-order valence-corrected chi connectivity index (χ2v) is 6.75. The number of nitrogens with one attached hydrogen (secondary N) is 2. The molecule has 2 aliphatic rings. The van der Waals surface area contributed by atoms with E-state index in [1.165, 1.54) is 7.11 Å². The van der Waals surface area contributed by atoms with E-state index >= 15 is 0 Å². The van der Waals surface area contributed by atoms with E-state index in [1.807, 2.05) is 0 Å². The molecule has 1 saturated carbocycles. The Labute approximate surface area is 141 Å². The molecular weight excluding hydrogens is 314 g/mol. The van der Waals surface area contributed by atoms with E-state index in [0.29, 0.717) is 18.9 Å². The fraction of sp³-hybridized carbons (Fsp3) is 0.812. The molecule has 0 spiro atoms. The smallest absolute Gasteiger partial charge is 0.321 e. The molecule has 8 nitrogen and oxygen atoms in total. The Morgan fingerprint density at radius 2 is 2.00 bits per heavy atom. The molecule has 8 heteroatoms. The van der Waals surface area contributed by atoms with Gasteiger partial charge in [-0.15, -0.1) is 0 Å². The van der Waals surface area contributed by atoms with Gasteiger partial charge in [0.25, 0.3) is 0 Å². The van der Waals surface area contributed by atoms with Crippen LogP contribution in [0.4, 0.5) is 4.79 Å². The van der Waals surface area contributed by atoms with Gasteiger partial charge in [0.1, 0.15) is 6.04 Å². The molecule has 1 heterocycles. The number of likely N-dealkylation sites (tertiary alicyclic amines) is 1. The average Bonchev–Trinajstić information content (AvgIpc) is 2.86. The van der Waals surface area contributed by atoms with Crippen molar-refractivity contribution in [2.45, 2.75) is 57.2 Å². The predicted molar refractivity (Wildman–Crippen MR) is 86.5 cm³/mol. The SMILES string of the molecule is COCC(C)NC(=O)NC(=O)CN1C(C(=O)O)CC2CCCCC21. The highest BCUT2D eigenvalue weighted by Crippen LogP contribution is 2.39. The van der Waals surface area contributed by atoms with E-state index < -0.39 is 23.9 Å². The summed E-state index contributed by atoms with van der Waals surface area (Å²) in [4.78, 5) is 37.2. The van der Waals surface area contributed by atoms with Crippen molar-refractivity contribution < 1.29 is 24.2 Å². The number of amides is 3. The number of hydrogen-bond donors (Lipinski definition) is 3. The molecule has 0 aromatic carbocycles. The number of ether oxygens (including phenoxy) is 1. The average molecular weight is 341 g/mol. The second-order valence-electron chi connectivity index (χ2n) is 6.75. The number of carboxylic acids is 1. The molecule has 0 bridgehead atoms. The van der Waals surface area contributed by atoms with Crippen LogP contribution in [0.3, 0.4) is 0 Å². The van der Waals surface area contributed by atoms with Crippen molar-refractivity contribution in [1.82, 2.24) is 15.5 Å². The van der Waals surface area contributed by atoms with E-state index in [0.717, 1.165) is 25.7 Å². The molecule has 136 valence electrons. The highest BCUT2D eigenvalue weighted by Gasteiger charge is 2.45. The van der Waals surface area contributed by atoms with Gasteiger partial charge in [-0.3, -0.25) is 19.8 Å². The van der Waals surface area contributed by atoms with E-state index in [2.05, 4.69) is 10.6 Å². The number of urea groups is 1. The van der Waals surface area contributed by atoms with Crippen LogP contribution in [-0.4, -0.2) is 66.3 Å². The van der Waals surface area contributed by atoms with Crippen molar-refractivity contribution >= 4 is 17.9 Å². The first-order chi connectivity index (χ1) is 11.4. The van der Waals surface area contributed by atoms with E-state index in [9.17, 15) is 19.5 Å². The number of fused-ring (bicyclic) bond motifs is 1. The predicted octanol–water partition coefficient (Wildman–Crippen LogP) is 0.565. The number of carbonyl (C=O) groups excluding carboxylic acids is 2. The molecule has 3 amide bonds. The first kappa shape index (κ1) is 18.7. The number of nitrogens with zero attached hydrogens (tertiary/aromatic N) is 1. The molecule has 1 saturated heterocycles. The summed E-state index contributed by atoms with van der Waals surface area (Å²) in [6.45, 7) is 2.05. The Morgan fingerprint density at radius 1 is 1.29 bits per heavy atom. The molecule has 0 radical (unpaired) electrons. The molecular formula is C16H27N3O5. The van der Waals surface area contributed by atoms with Crippen LogP contribution in [0.25, 0.3) is 0 Å². The summed E-state index contributed by atoms with van der Waals surface area (Å²) in [6, 6.07) is -1.32. The van der Waals surface area contributed by atoms with Gasteiger partial charge in [-0.2, -0.15) is 0 Å². The minimum absolute atomic E-state index is 0.0653. The number of aliphatic carboxylic acids is 1. The number of imide groups is 1. The van der Waals surface area contributed by atoms with Gasteiger partial charge in [0.05, 0.1) is 19.2 Å². The van der Waals surface area contributed by atoms with Crippen molar-refractivity contribution in [2.24, 2.45) is 5.92 Å². The van der Waals surface area contributed by atoms with Crippen LogP contribution in [0, 0.1) is 5.92 Å². The zero-order valence-corrected chi connectivity index (χ0v) is 14.3. The number of rotatable bonds is 6. The molecule has 24 heavy (non-hydrogen) atoms. The van der Waals surface area contributed by atoms with Gasteiger partial charge in [0.15, 0.2) is 0 Å². The van der Waals surface area contributed by atoms with Gasteiger partial charge in [0.2, 0.25) is 5.91 Å². The third-order valence-corrected chi connectivity index (χ3v) is 4.88. The fourth-order valence-electron chi connectivity index (χ4n) is 3.91. The lowest BCUT2D eigenvalue weighted by Crippen LogP contribution is -2.51. The summed E-state index contributed by atoms with van der Waals surface area (Å²) >= 11 is 0. The highest BCUT2D eigenvalue weighted by molar-refractivity contribution is 5.95. The maximum absolute atomic E-state index is 12.2. The van der Waals surface area contributed by atoms with Crippen molar-refractivity contribution in [3.63, 3.8) is 0 Å². The summed E-state index contributed by atoms with van der Waals surface area (Å²) < 4.78 is 4.92. The molecule has 3 N–H and O–H groups in total. The van der Waals surface area contributed by atoms with E-state index in [4.69, 9.17) is 4.74 Å². The zero-order chi connectivity index (χ0) is 17.7. The van der Waals surface area contributed by atoms with Crippen LogP contribution >= 0.6 is 0 Å². The second kappa shape index (κ2) is 8.43. The van der Waals surface area contributed by atoms with Crippen LogP contribution in [0.5, 0.6) is 0 Å². The molecule has 1 aliphatic carbocycles. The molecule has 0 aromatic rings. The summed E-state index contributed by atoms with van der Waals surface area (Å²) in [5.74, 6) is -1.03. The van der Waals surface area contributed by atoms with Crippen LogP contribution in [-0.2, 0) is 14.3 Å². The third kappa shape index (κ3) is 4.67. The van der Waals surface area contributed by atoms with Crippen molar-refractivity contribution in [3.8, 4) is 0 Å². The van der Waals surface area contributed by atoms with Crippen molar-refractivity contribution in [1.29, 1.82) is 0 Å². The summed E-state index contributed by atoms with van der Waals surface area (Å²) in [5, 5.41) is 14.3. The van der Waals surface area contributed by atoms with Gasteiger partial charge in [-0.05, 0) is 32.1 Å². The van der Waals surface area contributed by atoms with Gasteiger partial charge >= 0.3 is 12.0 Å². The lowest BCUT2D eigenvalue weighted by Gasteiger charge is -2.32. The van der Waals surface area contributed by atoms with Crippen LogP contribution in [0.1, 0.15) is 39.0 Å². The van der Waals surface area contributed by atoms with Crippen LogP contribution in [0.2, 0.25) is 0 Å².